The lowest BCUT2D eigenvalue weighted by Gasteiger charge is -2.08. The Kier molecular flexibility index (Phi) is 4.39. The normalized spacial score (nSPS) is 10.7. The van der Waals surface area contributed by atoms with Gasteiger partial charge in [-0.3, -0.25) is 9.78 Å². The van der Waals surface area contributed by atoms with Crippen molar-refractivity contribution < 1.29 is 9.90 Å². The topological polar surface area (TPSA) is 75.1 Å². The number of aromatic hydroxyl groups is 1. The molecule has 0 fully saturated rings. The molecule has 6 heteroatoms. The quantitative estimate of drug-likeness (QED) is 0.772. The van der Waals surface area contributed by atoms with Gasteiger partial charge in [0, 0.05) is 29.3 Å². The number of pyridine rings is 2. The molecule has 1 aromatic carbocycles. The molecule has 23 heavy (non-hydrogen) atoms. The highest BCUT2D eigenvalue weighted by molar-refractivity contribution is 6.30. The maximum atomic E-state index is 12.2. The van der Waals surface area contributed by atoms with Crippen molar-refractivity contribution >= 4 is 28.4 Å². The van der Waals surface area contributed by atoms with Gasteiger partial charge >= 0.3 is 0 Å². The molecule has 0 aliphatic rings. The summed E-state index contributed by atoms with van der Waals surface area (Å²) in [6.45, 7) is 0.432. The number of benzene rings is 1. The molecule has 0 saturated heterocycles. The summed E-state index contributed by atoms with van der Waals surface area (Å²) in [4.78, 5) is 20.3. The summed E-state index contributed by atoms with van der Waals surface area (Å²) in [5, 5.41) is 14.3. The van der Waals surface area contributed by atoms with E-state index >= 15 is 0 Å². The molecule has 0 bridgehead atoms. The van der Waals surface area contributed by atoms with Crippen molar-refractivity contribution in [2.45, 2.75) is 6.42 Å². The van der Waals surface area contributed by atoms with Gasteiger partial charge in [0.05, 0.1) is 0 Å². The van der Waals surface area contributed by atoms with E-state index in [0.717, 1.165) is 5.56 Å². The monoisotopic (exact) mass is 327 g/mol. The van der Waals surface area contributed by atoms with E-state index in [4.69, 9.17) is 11.6 Å². The zero-order valence-corrected chi connectivity index (χ0v) is 12.9. The molecule has 2 heterocycles. The van der Waals surface area contributed by atoms with Crippen LogP contribution in [0.25, 0.3) is 10.9 Å². The number of fused-ring (bicyclic) bond motifs is 1. The molecular formula is C17H14ClN3O2. The number of hydrogen-bond acceptors (Lipinski definition) is 4. The molecule has 1 amide bonds. The molecule has 5 nitrogen and oxygen atoms in total. The van der Waals surface area contributed by atoms with Crippen molar-refractivity contribution in [1.82, 2.24) is 15.3 Å². The Bertz CT molecular complexity index is 850. The van der Waals surface area contributed by atoms with Gasteiger partial charge < -0.3 is 10.4 Å². The molecule has 2 aromatic heterocycles. The maximum Gasteiger partial charge on any atom is 0.273 e. The van der Waals surface area contributed by atoms with Crippen LogP contribution in [0.2, 0.25) is 5.02 Å². The first-order valence-corrected chi connectivity index (χ1v) is 7.48. The van der Waals surface area contributed by atoms with E-state index in [0.29, 0.717) is 28.9 Å². The predicted octanol–water partition coefficient (Wildman–Crippen LogP) is 2.96. The number of rotatable bonds is 4. The molecular weight excluding hydrogens is 314 g/mol. The van der Waals surface area contributed by atoms with Crippen LogP contribution in [0.4, 0.5) is 0 Å². The molecule has 3 aromatic rings. The fourth-order valence-corrected chi connectivity index (χ4v) is 2.37. The van der Waals surface area contributed by atoms with Gasteiger partial charge in [0.15, 0.2) is 11.4 Å². The molecule has 116 valence electrons. The van der Waals surface area contributed by atoms with Crippen LogP contribution in [-0.4, -0.2) is 27.5 Å². The molecule has 0 spiro atoms. The Morgan fingerprint density at radius 3 is 2.74 bits per heavy atom. The Labute approximate surface area is 138 Å². The lowest BCUT2D eigenvalue weighted by Crippen LogP contribution is -2.26. The van der Waals surface area contributed by atoms with Crippen LogP contribution in [0.15, 0.2) is 48.8 Å². The average molecular weight is 328 g/mol. The van der Waals surface area contributed by atoms with Gasteiger partial charge in [-0.2, -0.15) is 0 Å². The minimum absolute atomic E-state index is 0.0210. The summed E-state index contributed by atoms with van der Waals surface area (Å²) in [7, 11) is 0. The molecule has 0 aliphatic heterocycles. The SMILES string of the molecule is O=C(NCCc1ccc(Cl)cc1)c1ncc2cccnc2c1O. The number of aromatic nitrogens is 2. The number of hydrogen-bond donors (Lipinski definition) is 2. The highest BCUT2D eigenvalue weighted by atomic mass is 35.5. The fourth-order valence-electron chi connectivity index (χ4n) is 2.25. The molecule has 2 N–H and O–H groups in total. The third kappa shape index (κ3) is 3.40. The van der Waals surface area contributed by atoms with E-state index in [1.165, 1.54) is 6.20 Å². The van der Waals surface area contributed by atoms with Gasteiger partial charge in [0.1, 0.15) is 5.52 Å². The summed E-state index contributed by atoms with van der Waals surface area (Å²) in [6.07, 6.45) is 3.75. The maximum absolute atomic E-state index is 12.2. The zero-order chi connectivity index (χ0) is 16.2. The van der Waals surface area contributed by atoms with Crippen molar-refractivity contribution in [2.75, 3.05) is 6.54 Å². The third-order valence-electron chi connectivity index (χ3n) is 3.45. The second-order valence-corrected chi connectivity index (χ2v) is 5.47. The number of amides is 1. The Hall–Kier alpha value is -2.66. The number of carbonyl (C=O) groups excluding carboxylic acids is 1. The van der Waals surface area contributed by atoms with E-state index in [9.17, 15) is 9.90 Å². The summed E-state index contributed by atoms with van der Waals surface area (Å²) >= 11 is 5.83. The highest BCUT2D eigenvalue weighted by Crippen LogP contribution is 2.24. The summed E-state index contributed by atoms with van der Waals surface area (Å²) in [5.74, 6) is -0.629. The van der Waals surface area contributed by atoms with Crippen LogP contribution in [0, 0.1) is 0 Å². The van der Waals surface area contributed by atoms with Crippen molar-refractivity contribution in [1.29, 1.82) is 0 Å². The van der Waals surface area contributed by atoms with Crippen molar-refractivity contribution in [3.63, 3.8) is 0 Å². The highest BCUT2D eigenvalue weighted by Gasteiger charge is 2.15. The lowest BCUT2D eigenvalue weighted by molar-refractivity contribution is 0.0946. The van der Waals surface area contributed by atoms with E-state index in [-0.39, 0.29) is 11.4 Å². The second-order valence-electron chi connectivity index (χ2n) is 5.03. The summed E-state index contributed by atoms with van der Waals surface area (Å²) < 4.78 is 0. The minimum atomic E-state index is -0.427. The number of carbonyl (C=O) groups is 1. The lowest BCUT2D eigenvalue weighted by atomic mass is 10.1. The predicted molar refractivity (Wildman–Crippen MR) is 88.7 cm³/mol. The average Bonchev–Trinajstić information content (AvgIpc) is 2.57. The van der Waals surface area contributed by atoms with Gasteiger partial charge in [-0.1, -0.05) is 23.7 Å². The van der Waals surface area contributed by atoms with E-state index in [1.54, 1.807) is 30.5 Å². The Balaban J connectivity index is 1.68. The first-order chi connectivity index (χ1) is 11.1. The van der Waals surface area contributed by atoms with Crippen LogP contribution in [0.3, 0.4) is 0 Å². The van der Waals surface area contributed by atoms with Crippen LogP contribution >= 0.6 is 11.6 Å². The molecule has 0 aliphatic carbocycles. The fraction of sp³-hybridized carbons (Fsp3) is 0.118. The van der Waals surface area contributed by atoms with E-state index in [1.807, 2.05) is 12.1 Å². The van der Waals surface area contributed by atoms with Gasteiger partial charge in [-0.25, -0.2) is 4.98 Å². The Morgan fingerprint density at radius 2 is 1.96 bits per heavy atom. The molecule has 0 unspecified atom stereocenters. The first kappa shape index (κ1) is 15.2. The van der Waals surface area contributed by atoms with Crippen molar-refractivity contribution in [3.8, 4) is 5.75 Å². The van der Waals surface area contributed by atoms with E-state index in [2.05, 4.69) is 15.3 Å². The van der Waals surface area contributed by atoms with Crippen LogP contribution in [0.5, 0.6) is 5.75 Å². The number of halogens is 1. The van der Waals surface area contributed by atoms with Gasteiger partial charge in [-0.05, 0) is 36.2 Å². The van der Waals surface area contributed by atoms with Crippen LogP contribution in [-0.2, 0) is 6.42 Å². The van der Waals surface area contributed by atoms with Gasteiger partial charge in [0.2, 0.25) is 0 Å². The van der Waals surface area contributed by atoms with Crippen molar-refractivity contribution in [2.24, 2.45) is 0 Å². The van der Waals surface area contributed by atoms with Crippen molar-refractivity contribution in [3.05, 3.63) is 65.1 Å². The zero-order valence-electron chi connectivity index (χ0n) is 12.2. The van der Waals surface area contributed by atoms with Gasteiger partial charge in [0.25, 0.3) is 5.91 Å². The largest absolute Gasteiger partial charge is 0.504 e. The number of nitrogens with zero attached hydrogens (tertiary/aromatic N) is 2. The standard InChI is InChI=1S/C17H14ClN3O2/c18-13-5-3-11(4-6-13)7-9-20-17(23)15-16(22)14-12(10-21-15)2-1-8-19-14/h1-6,8,10,22H,7,9H2,(H,20,23). The summed E-state index contributed by atoms with van der Waals surface area (Å²) in [5.41, 5.74) is 1.41. The molecule has 0 radical (unpaired) electrons. The number of nitrogens with one attached hydrogen (secondary N) is 1. The Morgan fingerprint density at radius 1 is 1.17 bits per heavy atom. The molecule has 3 rings (SSSR count). The van der Waals surface area contributed by atoms with E-state index < -0.39 is 5.91 Å². The smallest absolute Gasteiger partial charge is 0.273 e. The summed E-state index contributed by atoms with van der Waals surface area (Å²) in [6, 6.07) is 10.9. The second kappa shape index (κ2) is 6.62. The van der Waals surface area contributed by atoms with Gasteiger partial charge in [-0.15, -0.1) is 0 Å². The molecule has 0 atom stereocenters. The first-order valence-electron chi connectivity index (χ1n) is 7.10. The minimum Gasteiger partial charge on any atom is -0.504 e. The van der Waals surface area contributed by atoms with Crippen LogP contribution < -0.4 is 5.32 Å². The molecule has 0 saturated carbocycles. The third-order valence-corrected chi connectivity index (χ3v) is 3.70. The van der Waals surface area contributed by atoms with Crippen LogP contribution in [0.1, 0.15) is 16.1 Å².